The number of para-hydroxylation sites is 1. The zero-order valence-corrected chi connectivity index (χ0v) is 12.6. The van der Waals surface area contributed by atoms with Gasteiger partial charge in [-0.3, -0.25) is 4.84 Å². The van der Waals surface area contributed by atoms with Crippen molar-refractivity contribution in [2.24, 2.45) is 5.73 Å². The van der Waals surface area contributed by atoms with E-state index in [2.05, 4.69) is 0 Å². The molecule has 0 unspecified atom stereocenters. The van der Waals surface area contributed by atoms with Crippen LogP contribution in [-0.2, 0) is 11.0 Å². The number of hydrogen-bond acceptors (Lipinski definition) is 4. The molecule has 126 valence electrons. The minimum absolute atomic E-state index is 0.237. The predicted octanol–water partition coefficient (Wildman–Crippen LogP) is 4.02. The first-order valence-electron chi connectivity index (χ1n) is 7.61. The summed E-state index contributed by atoms with van der Waals surface area (Å²) in [4.78, 5) is 5.81. The number of hydroxylamine groups is 1. The molecular formula is C17H15F3N2O2. The number of alkyl halides is 3. The lowest BCUT2D eigenvalue weighted by molar-refractivity contribution is -0.137. The fourth-order valence-electron chi connectivity index (χ4n) is 3.16. The van der Waals surface area contributed by atoms with Crippen molar-refractivity contribution in [3.8, 4) is 11.5 Å². The summed E-state index contributed by atoms with van der Waals surface area (Å²) in [5, 5.41) is 1.51. The Morgan fingerprint density at radius 2 is 1.92 bits per heavy atom. The highest BCUT2D eigenvalue weighted by molar-refractivity contribution is 5.64. The maximum atomic E-state index is 13.1. The Morgan fingerprint density at radius 1 is 1.12 bits per heavy atom. The number of hydrogen-bond donors (Lipinski definition) is 1. The second-order valence-electron chi connectivity index (χ2n) is 5.86. The van der Waals surface area contributed by atoms with E-state index in [0.717, 1.165) is 17.7 Å². The lowest BCUT2D eigenvalue weighted by Crippen LogP contribution is -2.24. The number of halogens is 3. The van der Waals surface area contributed by atoms with Gasteiger partial charge in [-0.25, -0.2) is 5.06 Å². The first-order chi connectivity index (χ1) is 11.5. The standard InChI is InChI=1S/C17H15F3N2O2/c18-17(19,20)10-5-6-16-14(7-10)22-13(8-11(9-21)24-22)12-3-1-2-4-15(12)23-16/h1-7,11,13H,8-9,21H2/t11-,13-/m0/s1. The van der Waals surface area contributed by atoms with E-state index in [-0.39, 0.29) is 17.8 Å². The third-order valence-electron chi connectivity index (χ3n) is 4.32. The summed E-state index contributed by atoms with van der Waals surface area (Å²) in [7, 11) is 0. The van der Waals surface area contributed by atoms with Gasteiger partial charge in [-0.2, -0.15) is 13.2 Å². The van der Waals surface area contributed by atoms with Gasteiger partial charge in [-0.1, -0.05) is 18.2 Å². The van der Waals surface area contributed by atoms with Gasteiger partial charge in [-0.15, -0.1) is 0 Å². The van der Waals surface area contributed by atoms with Gasteiger partial charge in [0.2, 0.25) is 0 Å². The predicted molar refractivity (Wildman–Crippen MR) is 81.7 cm³/mol. The van der Waals surface area contributed by atoms with Crippen LogP contribution in [0.25, 0.3) is 0 Å². The van der Waals surface area contributed by atoms with Gasteiger partial charge in [-0.05, 0) is 24.3 Å². The van der Waals surface area contributed by atoms with E-state index in [9.17, 15) is 13.2 Å². The number of nitrogens with zero attached hydrogens (tertiary/aromatic N) is 1. The molecule has 0 aliphatic carbocycles. The van der Waals surface area contributed by atoms with E-state index in [1.165, 1.54) is 11.1 Å². The second-order valence-corrected chi connectivity index (χ2v) is 5.86. The molecule has 2 heterocycles. The quantitative estimate of drug-likeness (QED) is 0.854. The van der Waals surface area contributed by atoms with Crippen LogP contribution in [0, 0.1) is 0 Å². The van der Waals surface area contributed by atoms with Crippen molar-refractivity contribution < 1.29 is 22.7 Å². The number of benzene rings is 2. The fourth-order valence-corrected chi connectivity index (χ4v) is 3.16. The van der Waals surface area contributed by atoms with E-state index in [1.54, 1.807) is 6.07 Å². The van der Waals surface area contributed by atoms with E-state index in [0.29, 0.717) is 24.5 Å². The first kappa shape index (κ1) is 15.3. The minimum Gasteiger partial charge on any atom is -0.455 e. The topological polar surface area (TPSA) is 47.7 Å². The van der Waals surface area contributed by atoms with E-state index >= 15 is 0 Å². The third-order valence-corrected chi connectivity index (χ3v) is 4.32. The molecule has 0 spiro atoms. The van der Waals surface area contributed by atoms with Crippen LogP contribution in [0.15, 0.2) is 42.5 Å². The van der Waals surface area contributed by atoms with Crippen LogP contribution in [0.3, 0.4) is 0 Å². The second kappa shape index (κ2) is 5.39. The maximum Gasteiger partial charge on any atom is 0.416 e. The van der Waals surface area contributed by atoms with Crippen LogP contribution < -0.4 is 15.5 Å². The van der Waals surface area contributed by atoms with Crippen LogP contribution in [0.4, 0.5) is 18.9 Å². The molecule has 2 aliphatic heterocycles. The third kappa shape index (κ3) is 2.40. The Balaban J connectivity index is 1.87. The van der Waals surface area contributed by atoms with Crippen molar-refractivity contribution in [3.63, 3.8) is 0 Å². The van der Waals surface area contributed by atoms with Crippen LogP contribution in [0.2, 0.25) is 0 Å². The number of nitrogens with two attached hydrogens (primary N) is 1. The fraction of sp³-hybridized carbons (Fsp3) is 0.294. The summed E-state index contributed by atoms with van der Waals surface area (Å²) < 4.78 is 45.1. The molecule has 4 nitrogen and oxygen atoms in total. The van der Waals surface area contributed by atoms with Gasteiger partial charge in [0.15, 0.2) is 5.75 Å². The van der Waals surface area contributed by atoms with Crippen LogP contribution in [0.5, 0.6) is 11.5 Å². The molecule has 1 fully saturated rings. The lowest BCUT2D eigenvalue weighted by Gasteiger charge is -2.24. The van der Waals surface area contributed by atoms with Crippen molar-refractivity contribution in [2.45, 2.75) is 24.7 Å². The van der Waals surface area contributed by atoms with Gasteiger partial charge in [0.25, 0.3) is 0 Å². The van der Waals surface area contributed by atoms with Crippen molar-refractivity contribution in [2.75, 3.05) is 11.6 Å². The van der Waals surface area contributed by atoms with Crippen molar-refractivity contribution >= 4 is 5.69 Å². The number of anilines is 1. The average molecular weight is 336 g/mol. The summed E-state index contributed by atoms with van der Waals surface area (Å²) in [6.07, 6.45) is -4.09. The van der Waals surface area contributed by atoms with E-state index < -0.39 is 11.7 Å². The van der Waals surface area contributed by atoms with Crippen molar-refractivity contribution in [1.82, 2.24) is 0 Å². The highest BCUT2D eigenvalue weighted by atomic mass is 19.4. The van der Waals surface area contributed by atoms with Gasteiger partial charge in [0, 0.05) is 18.5 Å². The molecule has 7 heteroatoms. The molecule has 2 N–H and O–H groups in total. The maximum absolute atomic E-state index is 13.1. The SMILES string of the molecule is NC[C@@H]1C[C@H]2c3ccccc3Oc3ccc(C(F)(F)F)cc3N2O1. The van der Waals surface area contributed by atoms with Gasteiger partial charge in [0.1, 0.15) is 17.5 Å². The van der Waals surface area contributed by atoms with E-state index in [4.69, 9.17) is 15.3 Å². The summed E-state index contributed by atoms with van der Waals surface area (Å²) in [6, 6.07) is 10.6. The van der Waals surface area contributed by atoms with Gasteiger partial charge >= 0.3 is 6.18 Å². The molecule has 24 heavy (non-hydrogen) atoms. The monoisotopic (exact) mass is 336 g/mol. The summed E-state index contributed by atoms with van der Waals surface area (Å²) in [5.41, 5.74) is 6.10. The van der Waals surface area contributed by atoms with Crippen LogP contribution >= 0.6 is 0 Å². The molecule has 2 aromatic rings. The van der Waals surface area contributed by atoms with Gasteiger partial charge in [0.05, 0.1) is 11.6 Å². The van der Waals surface area contributed by atoms with E-state index in [1.807, 2.05) is 18.2 Å². The Labute approximate surface area is 136 Å². The molecule has 4 rings (SSSR count). The molecule has 0 amide bonds. The molecule has 1 saturated heterocycles. The summed E-state index contributed by atoms with van der Waals surface area (Å²) in [6.45, 7) is 0.296. The number of fused-ring (bicyclic) bond motifs is 5. The Morgan fingerprint density at radius 3 is 2.67 bits per heavy atom. The Bertz CT molecular complexity index is 779. The van der Waals surface area contributed by atoms with Crippen molar-refractivity contribution in [1.29, 1.82) is 0 Å². The zero-order chi connectivity index (χ0) is 16.9. The molecule has 2 atom stereocenters. The molecule has 0 aromatic heterocycles. The average Bonchev–Trinajstić information content (AvgIpc) is 2.94. The first-order valence-corrected chi connectivity index (χ1v) is 7.61. The van der Waals surface area contributed by atoms with Gasteiger partial charge < -0.3 is 10.5 Å². The molecule has 2 aliphatic rings. The van der Waals surface area contributed by atoms with Crippen LogP contribution in [0.1, 0.15) is 23.6 Å². The van der Waals surface area contributed by atoms with Crippen LogP contribution in [-0.4, -0.2) is 12.6 Å². The summed E-state index contributed by atoms with van der Waals surface area (Å²) in [5.74, 6) is 0.947. The minimum atomic E-state index is -4.43. The normalized spacial score (nSPS) is 22.2. The molecule has 2 aromatic carbocycles. The van der Waals surface area contributed by atoms with Crippen molar-refractivity contribution in [3.05, 3.63) is 53.6 Å². The summed E-state index contributed by atoms with van der Waals surface area (Å²) >= 11 is 0. The highest BCUT2D eigenvalue weighted by Crippen LogP contribution is 2.50. The Kier molecular flexibility index (Phi) is 3.43. The molecule has 0 radical (unpaired) electrons. The Hall–Kier alpha value is -2.25. The molecular weight excluding hydrogens is 321 g/mol. The largest absolute Gasteiger partial charge is 0.455 e. The lowest BCUT2D eigenvalue weighted by atomic mass is 10.0. The highest BCUT2D eigenvalue weighted by Gasteiger charge is 2.41. The number of ether oxygens (including phenoxy) is 1. The molecule has 0 bridgehead atoms. The zero-order valence-electron chi connectivity index (χ0n) is 12.6. The smallest absolute Gasteiger partial charge is 0.416 e. The molecule has 0 saturated carbocycles. The number of rotatable bonds is 1.